The van der Waals surface area contributed by atoms with E-state index in [1.165, 1.54) is 44.2 Å². The molecule has 0 spiro atoms. The van der Waals surface area contributed by atoms with Gasteiger partial charge >= 0.3 is 0 Å². The van der Waals surface area contributed by atoms with E-state index in [0.29, 0.717) is 5.92 Å². The van der Waals surface area contributed by atoms with Crippen molar-refractivity contribution in [2.45, 2.75) is 51.5 Å². The summed E-state index contributed by atoms with van der Waals surface area (Å²) < 4.78 is 2.97. The fourth-order valence-corrected chi connectivity index (χ4v) is 4.02. The van der Waals surface area contributed by atoms with Crippen LogP contribution >= 0.6 is 15.9 Å². The highest BCUT2D eigenvalue weighted by Gasteiger charge is 2.30. The van der Waals surface area contributed by atoms with Gasteiger partial charge in [0.05, 0.1) is 22.4 Å². The largest absolute Gasteiger partial charge is 0.271 e. The van der Waals surface area contributed by atoms with Crippen LogP contribution in [0.3, 0.4) is 0 Å². The molecule has 1 saturated carbocycles. The summed E-state index contributed by atoms with van der Waals surface area (Å²) in [5, 5.41) is 4.30. The normalized spacial score (nSPS) is 25.5. The van der Waals surface area contributed by atoms with Crippen LogP contribution in [0, 0.1) is 11.8 Å². The van der Waals surface area contributed by atoms with E-state index in [-0.39, 0.29) is 6.04 Å². The number of nitrogens with one attached hydrogen (secondary N) is 1. The average molecular weight is 329 g/mol. The lowest BCUT2D eigenvalue weighted by molar-refractivity contribution is 0.210. The van der Waals surface area contributed by atoms with Crippen molar-refractivity contribution in [3.63, 3.8) is 0 Å². The Morgan fingerprint density at radius 1 is 1.47 bits per heavy atom. The zero-order valence-corrected chi connectivity index (χ0v) is 13.5. The summed E-state index contributed by atoms with van der Waals surface area (Å²) in [6.45, 7) is 2.28. The molecule has 1 aromatic heterocycles. The Balaban J connectivity index is 2.04. The van der Waals surface area contributed by atoms with Crippen molar-refractivity contribution in [3.05, 3.63) is 16.4 Å². The number of hydrogen-bond acceptors (Lipinski definition) is 3. The molecule has 1 aliphatic rings. The Bertz CT molecular complexity index is 377. The second-order valence-electron chi connectivity index (χ2n) is 5.72. The highest BCUT2D eigenvalue weighted by atomic mass is 79.9. The Morgan fingerprint density at radius 2 is 2.16 bits per heavy atom. The molecule has 19 heavy (non-hydrogen) atoms. The number of aryl methyl sites for hydroxylation is 1. The van der Waals surface area contributed by atoms with Crippen molar-refractivity contribution in [2.24, 2.45) is 24.7 Å². The van der Waals surface area contributed by atoms with E-state index in [0.717, 1.165) is 10.4 Å². The SMILES string of the molecule is CCCC1CCC(C(NN)c2c(Br)cnn2C)CC1. The molecule has 1 atom stereocenters. The number of hydrazine groups is 1. The van der Waals surface area contributed by atoms with Crippen LogP contribution in [-0.2, 0) is 7.05 Å². The fraction of sp³-hybridized carbons (Fsp3) is 0.786. The Hall–Kier alpha value is -0.390. The van der Waals surface area contributed by atoms with Crippen LogP contribution in [0.5, 0.6) is 0 Å². The second-order valence-corrected chi connectivity index (χ2v) is 6.57. The summed E-state index contributed by atoms with van der Waals surface area (Å²) in [4.78, 5) is 0. The minimum Gasteiger partial charge on any atom is -0.271 e. The van der Waals surface area contributed by atoms with E-state index < -0.39 is 0 Å². The maximum Gasteiger partial charge on any atom is 0.0708 e. The van der Waals surface area contributed by atoms with Gasteiger partial charge in [-0.15, -0.1) is 0 Å². The summed E-state index contributed by atoms with van der Waals surface area (Å²) in [5.41, 5.74) is 4.18. The zero-order valence-electron chi connectivity index (χ0n) is 11.9. The van der Waals surface area contributed by atoms with Crippen LogP contribution in [0.1, 0.15) is 57.2 Å². The quantitative estimate of drug-likeness (QED) is 0.644. The third-order valence-electron chi connectivity index (χ3n) is 4.47. The number of aromatic nitrogens is 2. The predicted octanol–water partition coefficient (Wildman–Crippen LogP) is 3.29. The molecule has 1 fully saturated rings. The van der Waals surface area contributed by atoms with Gasteiger partial charge in [-0.3, -0.25) is 16.0 Å². The van der Waals surface area contributed by atoms with Gasteiger partial charge in [-0.1, -0.05) is 32.6 Å². The molecule has 5 heteroatoms. The molecule has 108 valence electrons. The summed E-state index contributed by atoms with van der Waals surface area (Å²) in [6.07, 6.45) is 9.74. The highest BCUT2D eigenvalue weighted by molar-refractivity contribution is 9.10. The third-order valence-corrected chi connectivity index (χ3v) is 5.08. The number of halogens is 1. The van der Waals surface area contributed by atoms with Crippen LogP contribution in [-0.4, -0.2) is 9.78 Å². The maximum atomic E-state index is 5.81. The lowest BCUT2D eigenvalue weighted by Crippen LogP contribution is -2.36. The molecule has 1 aliphatic carbocycles. The van der Waals surface area contributed by atoms with Gasteiger partial charge in [0, 0.05) is 7.05 Å². The van der Waals surface area contributed by atoms with Crippen molar-refractivity contribution in [1.82, 2.24) is 15.2 Å². The molecule has 1 unspecified atom stereocenters. The molecule has 0 amide bonds. The number of rotatable bonds is 5. The molecular formula is C14H25BrN4. The minimum atomic E-state index is 0.199. The summed E-state index contributed by atoms with van der Waals surface area (Å²) in [6, 6.07) is 0.199. The first kappa shape index (κ1) is 15.0. The smallest absolute Gasteiger partial charge is 0.0708 e. The van der Waals surface area contributed by atoms with E-state index in [9.17, 15) is 0 Å². The van der Waals surface area contributed by atoms with Crippen LogP contribution in [0.15, 0.2) is 10.7 Å². The van der Waals surface area contributed by atoms with Gasteiger partial charge < -0.3 is 0 Å². The zero-order chi connectivity index (χ0) is 13.8. The lowest BCUT2D eigenvalue weighted by atomic mass is 9.76. The Kier molecular flexibility index (Phi) is 5.42. The van der Waals surface area contributed by atoms with Crippen molar-refractivity contribution in [2.75, 3.05) is 0 Å². The maximum absolute atomic E-state index is 5.81. The highest BCUT2D eigenvalue weighted by Crippen LogP contribution is 2.39. The van der Waals surface area contributed by atoms with E-state index in [2.05, 4.69) is 33.4 Å². The molecule has 2 rings (SSSR count). The molecule has 1 heterocycles. The van der Waals surface area contributed by atoms with Gasteiger partial charge in [-0.05, 0) is 40.6 Å². The topological polar surface area (TPSA) is 55.9 Å². The van der Waals surface area contributed by atoms with E-state index in [1.807, 2.05) is 17.9 Å². The average Bonchev–Trinajstić information content (AvgIpc) is 2.74. The van der Waals surface area contributed by atoms with Crippen LogP contribution < -0.4 is 11.3 Å². The van der Waals surface area contributed by atoms with Gasteiger partial charge in [0.2, 0.25) is 0 Å². The predicted molar refractivity (Wildman–Crippen MR) is 81.3 cm³/mol. The van der Waals surface area contributed by atoms with Gasteiger partial charge in [-0.25, -0.2) is 0 Å². The van der Waals surface area contributed by atoms with Gasteiger partial charge in [0.1, 0.15) is 0 Å². The number of hydrogen-bond donors (Lipinski definition) is 2. The third kappa shape index (κ3) is 3.38. The molecule has 1 aromatic rings. The molecule has 0 radical (unpaired) electrons. The van der Waals surface area contributed by atoms with E-state index in [1.54, 1.807) is 0 Å². The van der Waals surface area contributed by atoms with Crippen molar-refractivity contribution < 1.29 is 0 Å². The van der Waals surface area contributed by atoms with E-state index in [4.69, 9.17) is 5.84 Å². The molecule has 0 aliphatic heterocycles. The van der Waals surface area contributed by atoms with Crippen molar-refractivity contribution >= 4 is 15.9 Å². The number of nitrogens with two attached hydrogens (primary N) is 1. The summed E-state index contributed by atoms with van der Waals surface area (Å²) in [7, 11) is 1.98. The van der Waals surface area contributed by atoms with Gasteiger partial charge in [-0.2, -0.15) is 5.10 Å². The molecule has 0 aromatic carbocycles. The van der Waals surface area contributed by atoms with Crippen molar-refractivity contribution in [3.8, 4) is 0 Å². The molecule has 0 saturated heterocycles. The fourth-order valence-electron chi connectivity index (χ4n) is 3.43. The lowest BCUT2D eigenvalue weighted by Gasteiger charge is -2.33. The molecule has 4 nitrogen and oxygen atoms in total. The Morgan fingerprint density at radius 3 is 2.63 bits per heavy atom. The Labute approximate surface area is 124 Å². The van der Waals surface area contributed by atoms with Gasteiger partial charge in [0.15, 0.2) is 0 Å². The standard InChI is InChI=1S/C14H25BrN4/c1-3-4-10-5-7-11(8-6-10)13(18-16)14-12(15)9-17-19(14)2/h9-11,13,18H,3-8,16H2,1-2H3. The first-order chi connectivity index (χ1) is 9.17. The number of nitrogens with zero attached hydrogens (tertiary/aromatic N) is 2. The second kappa shape index (κ2) is 6.86. The monoisotopic (exact) mass is 328 g/mol. The van der Waals surface area contributed by atoms with Gasteiger partial charge in [0.25, 0.3) is 0 Å². The molecule has 3 N–H and O–H groups in total. The summed E-state index contributed by atoms with van der Waals surface area (Å²) >= 11 is 3.58. The molecule has 0 bridgehead atoms. The molecular weight excluding hydrogens is 304 g/mol. The van der Waals surface area contributed by atoms with Crippen LogP contribution in [0.4, 0.5) is 0 Å². The van der Waals surface area contributed by atoms with Crippen LogP contribution in [0.2, 0.25) is 0 Å². The minimum absolute atomic E-state index is 0.199. The van der Waals surface area contributed by atoms with Crippen molar-refractivity contribution in [1.29, 1.82) is 0 Å². The van der Waals surface area contributed by atoms with E-state index >= 15 is 0 Å². The first-order valence-electron chi connectivity index (χ1n) is 7.30. The first-order valence-corrected chi connectivity index (χ1v) is 8.10. The van der Waals surface area contributed by atoms with Crippen LogP contribution in [0.25, 0.3) is 0 Å². The summed E-state index contributed by atoms with van der Waals surface area (Å²) in [5.74, 6) is 7.36.